The average molecular weight is 381 g/mol. The van der Waals surface area contributed by atoms with E-state index in [1.54, 1.807) is 24.8 Å². The van der Waals surface area contributed by atoms with Crippen LogP contribution in [0.25, 0.3) is 22.4 Å². The zero-order chi connectivity index (χ0) is 20.1. The van der Waals surface area contributed by atoms with E-state index in [1.165, 1.54) is 0 Å². The second-order valence-electron chi connectivity index (χ2n) is 6.82. The summed E-state index contributed by atoms with van der Waals surface area (Å²) in [4.78, 5) is 16.9. The van der Waals surface area contributed by atoms with Crippen LogP contribution in [0.2, 0.25) is 0 Å². The standard InChI is InChI=1S/C23H19N5O/c1-16-11-17(4-7-22(16)18-8-10-25-27-15-18)12-21(29)13-20-6-5-19(14-24-20)23-3-2-9-26-28-23/h2-11,14-15H,12-13H2,1H3. The molecule has 0 aliphatic rings. The van der Waals surface area contributed by atoms with E-state index >= 15 is 0 Å². The van der Waals surface area contributed by atoms with Gasteiger partial charge in [-0.3, -0.25) is 9.78 Å². The molecule has 0 aliphatic carbocycles. The lowest BCUT2D eigenvalue weighted by Gasteiger charge is -2.08. The molecule has 3 aromatic heterocycles. The van der Waals surface area contributed by atoms with Crippen LogP contribution in [0.1, 0.15) is 16.8 Å². The summed E-state index contributed by atoms with van der Waals surface area (Å²) in [5.41, 5.74) is 6.60. The minimum atomic E-state index is 0.127. The maximum Gasteiger partial charge on any atom is 0.143 e. The molecule has 0 spiro atoms. The number of benzene rings is 1. The van der Waals surface area contributed by atoms with Crippen LogP contribution in [0.15, 0.2) is 73.3 Å². The van der Waals surface area contributed by atoms with Crippen molar-refractivity contribution in [2.45, 2.75) is 19.8 Å². The van der Waals surface area contributed by atoms with Crippen molar-refractivity contribution >= 4 is 5.78 Å². The van der Waals surface area contributed by atoms with Crippen LogP contribution in [-0.4, -0.2) is 31.2 Å². The number of rotatable bonds is 6. The van der Waals surface area contributed by atoms with Crippen molar-refractivity contribution in [2.75, 3.05) is 0 Å². The number of hydrogen-bond donors (Lipinski definition) is 0. The first-order chi connectivity index (χ1) is 14.2. The molecule has 3 heterocycles. The van der Waals surface area contributed by atoms with Gasteiger partial charge < -0.3 is 0 Å². The maximum atomic E-state index is 12.5. The molecule has 0 bridgehead atoms. The van der Waals surface area contributed by atoms with Crippen molar-refractivity contribution in [3.63, 3.8) is 0 Å². The van der Waals surface area contributed by atoms with Gasteiger partial charge in [-0.25, -0.2) is 0 Å². The van der Waals surface area contributed by atoms with E-state index in [1.807, 2.05) is 49.4 Å². The van der Waals surface area contributed by atoms with Crippen molar-refractivity contribution in [3.05, 3.63) is 90.1 Å². The molecule has 0 saturated carbocycles. The van der Waals surface area contributed by atoms with Crippen LogP contribution < -0.4 is 0 Å². The highest BCUT2D eigenvalue weighted by Gasteiger charge is 2.09. The van der Waals surface area contributed by atoms with E-state index < -0.39 is 0 Å². The summed E-state index contributed by atoms with van der Waals surface area (Å²) in [6, 6.07) is 15.5. The number of Topliss-reactive ketones (excluding diaryl/α,β-unsaturated/α-hetero) is 1. The number of nitrogens with zero attached hydrogens (tertiary/aromatic N) is 5. The quantitative estimate of drug-likeness (QED) is 0.507. The molecular formula is C23H19N5O. The Kier molecular flexibility index (Phi) is 5.42. The topological polar surface area (TPSA) is 81.5 Å². The fourth-order valence-corrected chi connectivity index (χ4v) is 3.24. The number of pyridine rings is 1. The number of carbonyl (C=O) groups excluding carboxylic acids is 1. The first-order valence-electron chi connectivity index (χ1n) is 9.30. The van der Waals surface area contributed by atoms with Crippen molar-refractivity contribution in [3.8, 4) is 22.4 Å². The van der Waals surface area contributed by atoms with Gasteiger partial charge in [0.15, 0.2) is 0 Å². The normalized spacial score (nSPS) is 10.7. The molecule has 0 amide bonds. The van der Waals surface area contributed by atoms with Gasteiger partial charge in [0.05, 0.1) is 18.1 Å². The van der Waals surface area contributed by atoms with Gasteiger partial charge in [0, 0.05) is 42.1 Å². The Balaban J connectivity index is 1.41. The van der Waals surface area contributed by atoms with Crippen molar-refractivity contribution in [1.29, 1.82) is 0 Å². The van der Waals surface area contributed by atoms with Gasteiger partial charge in [-0.1, -0.05) is 18.2 Å². The predicted molar refractivity (Wildman–Crippen MR) is 110 cm³/mol. The molecule has 0 fully saturated rings. The molecule has 0 atom stereocenters. The summed E-state index contributed by atoms with van der Waals surface area (Å²) in [5, 5.41) is 15.7. The van der Waals surface area contributed by atoms with Crippen LogP contribution >= 0.6 is 0 Å². The second kappa shape index (κ2) is 8.48. The third-order valence-electron chi connectivity index (χ3n) is 4.66. The Labute approximate surface area is 168 Å². The van der Waals surface area contributed by atoms with E-state index in [0.717, 1.165) is 39.2 Å². The molecule has 0 saturated heterocycles. The van der Waals surface area contributed by atoms with Gasteiger partial charge in [-0.05, 0) is 53.9 Å². The molecule has 142 valence electrons. The second-order valence-corrected chi connectivity index (χ2v) is 6.82. The van der Waals surface area contributed by atoms with Gasteiger partial charge in [-0.2, -0.15) is 20.4 Å². The summed E-state index contributed by atoms with van der Waals surface area (Å²) in [6.07, 6.45) is 7.46. The van der Waals surface area contributed by atoms with Crippen LogP contribution in [0.4, 0.5) is 0 Å². The molecule has 0 radical (unpaired) electrons. The van der Waals surface area contributed by atoms with E-state index in [0.29, 0.717) is 12.8 Å². The van der Waals surface area contributed by atoms with Crippen molar-refractivity contribution in [2.24, 2.45) is 0 Å². The van der Waals surface area contributed by atoms with Gasteiger partial charge in [0.25, 0.3) is 0 Å². The molecule has 29 heavy (non-hydrogen) atoms. The monoisotopic (exact) mass is 381 g/mol. The Bertz CT molecular complexity index is 1110. The fraction of sp³-hybridized carbons (Fsp3) is 0.130. The maximum absolute atomic E-state index is 12.5. The van der Waals surface area contributed by atoms with E-state index in [9.17, 15) is 4.79 Å². The molecule has 6 heteroatoms. The third-order valence-corrected chi connectivity index (χ3v) is 4.66. The highest BCUT2D eigenvalue weighted by atomic mass is 16.1. The molecule has 1 aromatic carbocycles. The number of carbonyl (C=O) groups is 1. The van der Waals surface area contributed by atoms with E-state index in [2.05, 4.69) is 31.4 Å². The van der Waals surface area contributed by atoms with E-state index in [-0.39, 0.29) is 5.78 Å². The summed E-state index contributed by atoms with van der Waals surface area (Å²) in [6.45, 7) is 2.04. The predicted octanol–water partition coefficient (Wildman–Crippen LogP) is 3.66. The molecule has 0 unspecified atom stereocenters. The van der Waals surface area contributed by atoms with Gasteiger partial charge >= 0.3 is 0 Å². The van der Waals surface area contributed by atoms with Crippen LogP contribution in [-0.2, 0) is 17.6 Å². The lowest BCUT2D eigenvalue weighted by molar-refractivity contribution is -0.117. The highest BCUT2D eigenvalue weighted by Crippen LogP contribution is 2.23. The lowest BCUT2D eigenvalue weighted by atomic mass is 9.97. The van der Waals surface area contributed by atoms with Crippen LogP contribution in [0.3, 0.4) is 0 Å². The molecule has 6 nitrogen and oxygen atoms in total. The summed E-state index contributed by atoms with van der Waals surface area (Å²) < 4.78 is 0. The highest BCUT2D eigenvalue weighted by molar-refractivity contribution is 5.83. The molecule has 0 N–H and O–H groups in total. The van der Waals surface area contributed by atoms with Gasteiger partial charge in [0.1, 0.15) is 5.78 Å². The first-order valence-corrected chi connectivity index (χ1v) is 9.30. The Morgan fingerprint density at radius 2 is 1.79 bits per heavy atom. The zero-order valence-electron chi connectivity index (χ0n) is 16.0. The molecular weight excluding hydrogens is 362 g/mol. The number of hydrogen-bond acceptors (Lipinski definition) is 6. The smallest absolute Gasteiger partial charge is 0.143 e. The summed E-state index contributed by atoms with van der Waals surface area (Å²) in [5.74, 6) is 0.127. The lowest BCUT2D eigenvalue weighted by Crippen LogP contribution is -2.08. The van der Waals surface area contributed by atoms with Gasteiger partial charge in [-0.15, -0.1) is 0 Å². The van der Waals surface area contributed by atoms with Crippen LogP contribution in [0.5, 0.6) is 0 Å². The molecule has 4 rings (SSSR count). The van der Waals surface area contributed by atoms with Crippen molar-refractivity contribution in [1.82, 2.24) is 25.4 Å². The average Bonchev–Trinajstić information content (AvgIpc) is 2.75. The molecule has 4 aromatic rings. The SMILES string of the molecule is Cc1cc(CC(=O)Cc2ccc(-c3cccnn3)cn2)ccc1-c1ccnnc1. The largest absolute Gasteiger partial charge is 0.299 e. The molecule has 0 aliphatic heterocycles. The fourth-order valence-electron chi connectivity index (χ4n) is 3.24. The summed E-state index contributed by atoms with van der Waals surface area (Å²) in [7, 11) is 0. The Hall–Kier alpha value is -3.80. The minimum Gasteiger partial charge on any atom is -0.299 e. The number of aryl methyl sites for hydroxylation is 1. The minimum absolute atomic E-state index is 0.127. The van der Waals surface area contributed by atoms with Crippen molar-refractivity contribution < 1.29 is 4.79 Å². The third kappa shape index (κ3) is 4.55. The Morgan fingerprint density at radius 1 is 0.862 bits per heavy atom. The summed E-state index contributed by atoms with van der Waals surface area (Å²) >= 11 is 0. The van der Waals surface area contributed by atoms with Crippen LogP contribution in [0, 0.1) is 6.92 Å². The Morgan fingerprint density at radius 3 is 2.48 bits per heavy atom. The number of ketones is 1. The van der Waals surface area contributed by atoms with Gasteiger partial charge in [0.2, 0.25) is 0 Å². The zero-order valence-corrected chi connectivity index (χ0v) is 16.0. The van der Waals surface area contributed by atoms with E-state index in [4.69, 9.17) is 0 Å². The number of aromatic nitrogens is 5. The first kappa shape index (κ1) is 18.6.